The Morgan fingerprint density at radius 2 is 1.96 bits per heavy atom. The molecule has 4 nitrogen and oxygen atoms in total. The van der Waals surface area contributed by atoms with E-state index in [1.165, 1.54) is 12.1 Å². The third kappa shape index (κ3) is 4.92. The fraction of sp³-hybridized carbons (Fsp3) is 0.455. The molecule has 5 heteroatoms. The topological polar surface area (TPSA) is 42.4 Å². The van der Waals surface area contributed by atoms with Crippen molar-refractivity contribution in [1.82, 2.24) is 9.88 Å². The van der Waals surface area contributed by atoms with E-state index in [0.29, 0.717) is 25.9 Å². The van der Waals surface area contributed by atoms with Crippen LogP contribution in [0.15, 0.2) is 42.5 Å². The zero-order valence-corrected chi connectivity index (χ0v) is 16.1. The largest absolute Gasteiger partial charge is 0.466 e. The molecular weight excluding hydrogens is 343 g/mol. The second kappa shape index (κ2) is 8.61. The van der Waals surface area contributed by atoms with E-state index in [4.69, 9.17) is 4.74 Å². The van der Waals surface area contributed by atoms with Gasteiger partial charge in [-0.15, -0.1) is 0 Å². The van der Waals surface area contributed by atoms with Gasteiger partial charge in [-0.3, -0.25) is 14.7 Å². The van der Waals surface area contributed by atoms with Crippen LogP contribution in [0.1, 0.15) is 36.7 Å². The fourth-order valence-corrected chi connectivity index (χ4v) is 3.83. The number of carbonyl (C=O) groups excluding carboxylic acids is 1. The highest BCUT2D eigenvalue weighted by Crippen LogP contribution is 2.37. The predicted molar refractivity (Wildman–Crippen MR) is 103 cm³/mol. The summed E-state index contributed by atoms with van der Waals surface area (Å²) < 4.78 is 19.0. The van der Waals surface area contributed by atoms with Crippen molar-refractivity contribution in [1.29, 1.82) is 0 Å². The minimum atomic E-state index is -0.583. The van der Waals surface area contributed by atoms with Crippen molar-refractivity contribution < 1.29 is 13.9 Å². The van der Waals surface area contributed by atoms with Gasteiger partial charge in [-0.05, 0) is 76.0 Å². The van der Waals surface area contributed by atoms with Gasteiger partial charge in [0.15, 0.2) is 0 Å². The first kappa shape index (κ1) is 19.5. The number of likely N-dealkylation sites (tertiary alicyclic amines) is 1. The summed E-state index contributed by atoms with van der Waals surface area (Å²) in [5.41, 5.74) is 2.32. The number of rotatable bonds is 6. The molecule has 0 amide bonds. The number of halogens is 1. The first-order valence-corrected chi connectivity index (χ1v) is 9.57. The Hall–Kier alpha value is -2.27. The monoisotopic (exact) mass is 370 g/mol. The predicted octanol–water partition coefficient (Wildman–Crippen LogP) is 3.92. The molecule has 1 aliphatic rings. The summed E-state index contributed by atoms with van der Waals surface area (Å²) in [6.45, 7) is 6.55. The Morgan fingerprint density at radius 1 is 1.22 bits per heavy atom. The van der Waals surface area contributed by atoms with Crippen LogP contribution < -0.4 is 0 Å². The normalized spacial score (nSPS) is 16.9. The van der Waals surface area contributed by atoms with Crippen LogP contribution in [-0.4, -0.2) is 35.5 Å². The van der Waals surface area contributed by atoms with Crippen molar-refractivity contribution in [2.75, 3.05) is 19.7 Å². The van der Waals surface area contributed by atoms with Crippen molar-refractivity contribution in [2.45, 2.75) is 39.7 Å². The summed E-state index contributed by atoms with van der Waals surface area (Å²) >= 11 is 0. The van der Waals surface area contributed by atoms with E-state index in [2.05, 4.69) is 9.88 Å². The highest BCUT2D eigenvalue weighted by molar-refractivity contribution is 5.77. The van der Waals surface area contributed by atoms with Gasteiger partial charge in [0.25, 0.3) is 0 Å². The lowest BCUT2D eigenvalue weighted by Gasteiger charge is -2.40. The number of carbonyl (C=O) groups is 1. The first-order chi connectivity index (χ1) is 13.0. The zero-order chi connectivity index (χ0) is 19.3. The van der Waals surface area contributed by atoms with Crippen LogP contribution in [0.25, 0.3) is 0 Å². The van der Waals surface area contributed by atoms with Gasteiger partial charge >= 0.3 is 5.97 Å². The first-order valence-electron chi connectivity index (χ1n) is 9.57. The molecule has 2 aromatic rings. The quantitative estimate of drug-likeness (QED) is 0.723. The second-order valence-electron chi connectivity index (χ2n) is 7.35. The molecule has 3 rings (SSSR count). The lowest BCUT2D eigenvalue weighted by molar-refractivity contribution is -0.158. The number of nitrogens with zero attached hydrogens (tertiary/aromatic N) is 2. The van der Waals surface area contributed by atoms with Gasteiger partial charge in [0.1, 0.15) is 5.82 Å². The molecule has 1 aromatic carbocycles. The molecule has 2 heterocycles. The zero-order valence-electron chi connectivity index (χ0n) is 16.1. The Balaban J connectivity index is 1.71. The Morgan fingerprint density at radius 3 is 2.63 bits per heavy atom. The highest BCUT2D eigenvalue weighted by Gasteiger charge is 2.42. The lowest BCUT2D eigenvalue weighted by atomic mass is 9.73. The Labute approximate surface area is 160 Å². The highest BCUT2D eigenvalue weighted by atomic mass is 19.1. The molecule has 0 unspecified atom stereocenters. The van der Waals surface area contributed by atoms with Crippen molar-refractivity contribution in [3.05, 3.63) is 65.2 Å². The molecule has 144 valence electrons. The van der Waals surface area contributed by atoms with Gasteiger partial charge in [0.2, 0.25) is 0 Å². The maximum Gasteiger partial charge on any atom is 0.312 e. The molecule has 0 N–H and O–H groups in total. The van der Waals surface area contributed by atoms with Crippen molar-refractivity contribution in [3.8, 4) is 0 Å². The molecule has 1 fully saturated rings. The molecule has 1 saturated heterocycles. The third-order valence-corrected chi connectivity index (χ3v) is 5.28. The minimum Gasteiger partial charge on any atom is -0.466 e. The van der Waals surface area contributed by atoms with Gasteiger partial charge in [0.05, 0.1) is 17.7 Å². The van der Waals surface area contributed by atoms with Crippen LogP contribution >= 0.6 is 0 Å². The number of aromatic nitrogens is 1. The van der Waals surface area contributed by atoms with Crippen LogP contribution in [0.4, 0.5) is 4.39 Å². The maximum atomic E-state index is 13.6. The molecule has 0 bridgehead atoms. The summed E-state index contributed by atoms with van der Waals surface area (Å²) in [5.74, 6) is -0.433. The van der Waals surface area contributed by atoms with E-state index in [1.54, 1.807) is 6.07 Å². The average Bonchev–Trinajstić information content (AvgIpc) is 2.64. The summed E-state index contributed by atoms with van der Waals surface area (Å²) in [7, 11) is 0. The van der Waals surface area contributed by atoms with Crippen molar-refractivity contribution >= 4 is 5.97 Å². The van der Waals surface area contributed by atoms with Gasteiger partial charge in [0, 0.05) is 12.2 Å². The SMILES string of the molecule is CCOC(=O)C1(Cc2cccc(F)c2)CCN(Cc2cccc(C)n2)CC1. The van der Waals surface area contributed by atoms with E-state index in [9.17, 15) is 9.18 Å². The van der Waals surface area contributed by atoms with Gasteiger partial charge in [-0.2, -0.15) is 0 Å². The Bertz CT molecular complexity index is 785. The number of hydrogen-bond acceptors (Lipinski definition) is 4. The Kier molecular flexibility index (Phi) is 6.22. The van der Waals surface area contributed by atoms with E-state index < -0.39 is 5.41 Å². The fourth-order valence-electron chi connectivity index (χ4n) is 3.83. The summed E-state index contributed by atoms with van der Waals surface area (Å²) in [4.78, 5) is 19.7. The average molecular weight is 370 g/mol. The van der Waals surface area contributed by atoms with Gasteiger partial charge in [-0.1, -0.05) is 18.2 Å². The van der Waals surface area contributed by atoms with E-state index in [1.807, 2.05) is 38.1 Å². The summed E-state index contributed by atoms with van der Waals surface area (Å²) in [6, 6.07) is 12.6. The number of esters is 1. The summed E-state index contributed by atoms with van der Waals surface area (Å²) in [5, 5.41) is 0. The van der Waals surface area contributed by atoms with E-state index >= 15 is 0 Å². The molecule has 0 saturated carbocycles. The van der Waals surface area contributed by atoms with Gasteiger partial charge in [-0.25, -0.2) is 4.39 Å². The van der Waals surface area contributed by atoms with Crippen LogP contribution in [0.5, 0.6) is 0 Å². The minimum absolute atomic E-state index is 0.164. The number of benzene rings is 1. The molecular formula is C22H27FN2O2. The number of hydrogen-bond donors (Lipinski definition) is 0. The number of piperidine rings is 1. The second-order valence-corrected chi connectivity index (χ2v) is 7.35. The van der Waals surface area contributed by atoms with Crippen molar-refractivity contribution in [2.24, 2.45) is 5.41 Å². The standard InChI is InChI=1S/C22H27FN2O2/c1-3-27-21(26)22(15-18-7-5-8-19(23)14-18)10-12-25(13-11-22)16-20-9-4-6-17(2)24-20/h4-9,14H,3,10-13,15-16H2,1-2H3. The lowest BCUT2D eigenvalue weighted by Crippen LogP contribution is -2.46. The van der Waals surface area contributed by atoms with E-state index in [0.717, 1.165) is 36.6 Å². The molecule has 1 aliphatic heterocycles. The third-order valence-electron chi connectivity index (χ3n) is 5.28. The summed E-state index contributed by atoms with van der Waals surface area (Å²) in [6.07, 6.45) is 1.92. The van der Waals surface area contributed by atoms with Crippen LogP contribution in [0.3, 0.4) is 0 Å². The van der Waals surface area contributed by atoms with Crippen molar-refractivity contribution in [3.63, 3.8) is 0 Å². The molecule has 1 aromatic heterocycles. The number of pyridine rings is 1. The van der Waals surface area contributed by atoms with Crippen LogP contribution in [0.2, 0.25) is 0 Å². The molecule has 0 atom stereocenters. The van der Waals surface area contributed by atoms with E-state index in [-0.39, 0.29) is 11.8 Å². The molecule has 0 aliphatic carbocycles. The molecule has 0 spiro atoms. The molecule has 0 radical (unpaired) electrons. The van der Waals surface area contributed by atoms with Crippen LogP contribution in [-0.2, 0) is 22.5 Å². The number of ether oxygens (including phenoxy) is 1. The van der Waals surface area contributed by atoms with Crippen LogP contribution in [0, 0.1) is 18.2 Å². The number of aryl methyl sites for hydroxylation is 1. The van der Waals surface area contributed by atoms with Gasteiger partial charge < -0.3 is 4.74 Å². The smallest absolute Gasteiger partial charge is 0.312 e. The maximum absolute atomic E-state index is 13.6. The molecule has 27 heavy (non-hydrogen) atoms.